The van der Waals surface area contributed by atoms with Crippen LogP contribution in [0.3, 0.4) is 0 Å². The lowest BCUT2D eigenvalue weighted by Crippen LogP contribution is -2.42. The SMILES string of the molecule is CC(=O)N1NC(=O)CC1Cc1ccccc1. The number of hydrazine groups is 1. The van der Waals surface area contributed by atoms with Crippen molar-refractivity contribution in [3.8, 4) is 0 Å². The molecule has 1 aromatic carbocycles. The van der Waals surface area contributed by atoms with Gasteiger partial charge < -0.3 is 0 Å². The van der Waals surface area contributed by atoms with Crippen LogP contribution in [-0.2, 0) is 16.0 Å². The van der Waals surface area contributed by atoms with Gasteiger partial charge in [0.1, 0.15) is 0 Å². The summed E-state index contributed by atoms with van der Waals surface area (Å²) in [5.74, 6) is -0.206. The van der Waals surface area contributed by atoms with Gasteiger partial charge in [-0.2, -0.15) is 0 Å². The van der Waals surface area contributed by atoms with Crippen LogP contribution in [0.25, 0.3) is 0 Å². The Balaban J connectivity index is 2.09. The van der Waals surface area contributed by atoms with Gasteiger partial charge in [0.05, 0.1) is 12.5 Å². The van der Waals surface area contributed by atoms with Crippen molar-refractivity contribution in [2.24, 2.45) is 0 Å². The third-order valence-electron chi connectivity index (χ3n) is 2.68. The van der Waals surface area contributed by atoms with Crippen molar-refractivity contribution in [3.05, 3.63) is 35.9 Å². The Morgan fingerprint density at radius 1 is 1.44 bits per heavy atom. The lowest BCUT2D eigenvalue weighted by Gasteiger charge is -2.21. The molecule has 0 radical (unpaired) electrons. The Hall–Kier alpha value is -1.84. The first-order chi connectivity index (χ1) is 7.66. The third-order valence-corrected chi connectivity index (χ3v) is 2.68. The van der Waals surface area contributed by atoms with E-state index in [0.29, 0.717) is 12.8 Å². The number of nitrogens with zero attached hydrogens (tertiary/aromatic N) is 1. The third kappa shape index (κ3) is 2.21. The van der Waals surface area contributed by atoms with Crippen molar-refractivity contribution < 1.29 is 9.59 Å². The van der Waals surface area contributed by atoms with E-state index >= 15 is 0 Å². The fraction of sp³-hybridized carbons (Fsp3) is 0.333. The van der Waals surface area contributed by atoms with Crippen LogP contribution in [0.5, 0.6) is 0 Å². The average molecular weight is 218 g/mol. The van der Waals surface area contributed by atoms with Gasteiger partial charge in [-0.05, 0) is 12.0 Å². The minimum Gasteiger partial charge on any atom is -0.273 e. The van der Waals surface area contributed by atoms with Gasteiger partial charge in [0.2, 0.25) is 11.8 Å². The molecule has 0 spiro atoms. The molecule has 1 aromatic rings. The van der Waals surface area contributed by atoms with Crippen LogP contribution in [0, 0.1) is 0 Å². The lowest BCUT2D eigenvalue weighted by molar-refractivity contribution is -0.135. The normalized spacial score (nSPS) is 19.7. The van der Waals surface area contributed by atoms with Gasteiger partial charge in [0.25, 0.3) is 0 Å². The summed E-state index contributed by atoms with van der Waals surface area (Å²) in [5, 5.41) is 1.43. The zero-order valence-corrected chi connectivity index (χ0v) is 9.14. The number of amides is 2. The summed E-state index contributed by atoms with van der Waals surface area (Å²) < 4.78 is 0. The molecule has 1 unspecified atom stereocenters. The first kappa shape index (κ1) is 10.7. The maximum atomic E-state index is 11.3. The van der Waals surface area contributed by atoms with E-state index in [1.165, 1.54) is 11.9 Å². The first-order valence-electron chi connectivity index (χ1n) is 5.30. The standard InChI is InChI=1S/C12H14N2O2/c1-9(15)14-11(8-12(16)13-14)7-10-5-3-2-4-6-10/h2-6,11H,7-8H2,1H3,(H,13,16). The highest BCUT2D eigenvalue weighted by atomic mass is 16.2. The number of benzene rings is 1. The largest absolute Gasteiger partial charge is 0.273 e. The van der Waals surface area contributed by atoms with Crippen LogP contribution in [0.15, 0.2) is 30.3 Å². The van der Waals surface area contributed by atoms with E-state index in [2.05, 4.69) is 5.43 Å². The fourth-order valence-electron chi connectivity index (χ4n) is 1.96. The van der Waals surface area contributed by atoms with Crippen LogP contribution >= 0.6 is 0 Å². The number of hydrogen-bond donors (Lipinski definition) is 1. The second-order valence-corrected chi connectivity index (χ2v) is 3.97. The molecule has 1 aliphatic rings. The second-order valence-electron chi connectivity index (χ2n) is 3.97. The Kier molecular flexibility index (Phi) is 2.90. The maximum absolute atomic E-state index is 11.3. The highest BCUT2D eigenvalue weighted by Gasteiger charge is 2.31. The Labute approximate surface area is 94.2 Å². The Bertz CT molecular complexity index is 403. The van der Waals surface area contributed by atoms with E-state index in [0.717, 1.165) is 5.56 Å². The van der Waals surface area contributed by atoms with Gasteiger partial charge in [0, 0.05) is 6.92 Å². The summed E-state index contributed by atoms with van der Waals surface area (Å²) >= 11 is 0. The van der Waals surface area contributed by atoms with E-state index in [9.17, 15) is 9.59 Å². The summed E-state index contributed by atoms with van der Waals surface area (Å²) in [6, 6.07) is 9.80. The molecule has 16 heavy (non-hydrogen) atoms. The quantitative estimate of drug-likeness (QED) is 0.801. The second kappa shape index (κ2) is 4.35. The number of carbonyl (C=O) groups excluding carboxylic acids is 2. The van der Waals surface area contributed by atoms with Crippen LogP contribution in [-0.4, -0.2) is 22.9 Å². The lowest BCUT2D eigenvalue weighted by atomic mass is 10.0. The van der Waals surface area contributed by atoms with Gasteiger partial charge in [-0.3, -0.25) is 20.0 Å². The van der Waals surface area contributed by atoms with Gasteiger partial charge >= 0.3 is 0 Å². The van der Waals surface area contributed by atoms with Gasteiger partial charge in [-0.15, -0.1) is 0 Å². The summed E-state index contributed by atoms with van der Waals surface area (Å²) in [6.07, 6.45) is 1.09. The topological polar surface area (TPSA) is 49.4 Å². The molecule has 1 saturated heterocycles. The van der Waals surface area contributed by atoms with Crippen LogP contribution in [0.2, 0.25) is 0 Å². The molecule has 4 heteroatoms. The molecule has 1 heterocycles. The van der Waals surface area contributed by atoms with Crippen LogP contribution in [0.4, 0.5) is 0 Å². The Morgan fingerprint density at radius 3 is 2.75 bits per heavy atom. The summed E-state index contributed by atoms with van der Waals surface area (Å²) in [5.41, 5.74) is 3.70. The molecule has 2 rings (SSSR count). The molecule has 1 fully saturated rings. The molecular weight excluding hydrogens is 204 g/mol. The molecule has 0 aromatic heterocycles. The number of hydrogen-bond acceptors (Lipinski definition) is 2. The zero-order chi connectivity index (χ0) is 11.5. The van der Waals surface area contributed by atoms with Crippen molar-refractivity contribution in [2.75, 3.05) is 0 Å². The first-order valence-corrected chi connectivity index (χ1v) is 5.30. The maximum Gasteiger partial charge on any atom is 0.240 e. The van der Waals surface area contributed by atoms with Gasteiger partial charge in [-0.25, -0.2) is 0 Å². The van der Waals surface area contributed by atoms with E-state index in [1.54, 1.807) is 0 Å². The molecule has 0 bridgehead atoms. The average Bonchev–Trinajstić information content (AvgIpc) is 2.61. The highest BCUT2D eigenvalue weighted by molar-refractivity contribution is 5.85. The van der Waals surface area contributed by atoms with Crippen molar-refractivity contribution in [1.82, 2.24) is 10.4 Å². The molecule has 1 aliphatic heterocycles. The highest BCUT2D eigenvalue weighted by Crippen LogP contribution is 2.15. The number of rotatable bonds is 2. The molecule has 4 nitrogen and oxygen atoms in total. The predicted molar refractivity (Wildman–Crippen MR) is 59.2 cm³/mol. The van der Waals surface area contributed by atoms with Crippen molar-refractivity contribution in [1.29, 1.82) is 0 Å². The number of nitrogens with one attached hydrogen (secondary N) is 1. The molecule has 1 atom stereocenters. The summed E-state index contributed by atoms with van der Waals surface area (Å²) in [7, 11) is 0. The van der Waals surface area contributed by atoms with E-state index in [4.69, 9.17) is 0 Å². The predicted octanol–water partition coefficient (Wildman–Crippen LogP) is 0.881. The zero-order valence-electron chi connectivity index (χ0n) is 9.14. The Morgan fingerprint density at radius 2 is 2.12 bits per heavy atom. The van der Waals surface area contributed by atoms with Gasteiger partial charge in [-0.1, -0.05) is 30.3 Å². The van der Waals surface area contributed by atoms with E-state index in [-0.39, 0.29) is 17.9 Å². The van der Waals surface area contributed by atoms with Crippen molar-refractivity contribution in [3.63, 3.8) is 0 Å². The van der Waals surface area contributed by atoms with E-state index < -0.39 is 0 Å². The van der Waals surface area contributed by atoms with E-state index in [1.807, 2.05) is 30.3 Å². The van der Waals surface area contributed by atoms with Crippen molar-refractivity contribution in [2.45, 2.75) is 25.8 Å². The molecule has 0 saturated carbocycles. The molecule has 2 amide bonds. The minimum atomic E-state index is -0.119. The van der Waals surface area contributed by atoms with Gasteiger partial charge in [0.15, 0.2) is 0 Å². The van der Waals surface area contributed by atoms with Crippen LogP contribution < -0.4 is 5.43 Å². The molecule has 0 aliphatic carbocycles. The van der Waals surface area contributed by atoms with Crippen molar-refractivity contribution >= 4 is 11.8 Å². The molecular formula is C12H14N2O2. The fourth-order valence-corrected chi connectivity index (χ4v) is 1.96. The molecule has 1 N–H and O–H groups in total. The summed E-state index contributed by atoms with van der Waals surface area (Å²) in [6.45, 7) is 1.46. The minimum absolute atomic E-state index is 0.0626. The monoisotopic (exact) mass is 218 g/mol. The summed E-state index contributed by atoms with van der Waals surface area (Å²) in [4.78, 5) is 22.6. The number of carbonyl (C=O) groups is 2. The molecule has 84 valence electrons. The van der Waals surface area contributed by atoms with Crippen LogP contribution in [0.1, 0.15) is 18.9 Å². The smallest absolute Gasteiger partial charge is 0.240 e.